The molecule has 0 aliphatic heterocycles. The number of benzene rings is 13. The van der Waals surface area contributed by atoms with Crippen LogP contribution >= 0.6 is 33.0 Å². The van der Waals surface area contributed by atoms with Crippen LogP contribution in [0.25, 0.3) is 4.85 Å². The Morgan fingerprint density at radius 2 is 0.605 bits per heavy atom. The smallest absolute Gasteiger partial charge is 1.00 e. The molecule has 777 valence electrons. The fourth-order valence-electron chi connectivity index (χ4n) is 13.6. The third-order valence-electron chi connectivity index (χ3n) is 20.5. The Morgan fingerprint density at radius 3 is 0.871 bits per heavy atom. The van der Waals surface area contributed by atoms with Crippen molar-refractivity contribution in [1.82, 2.24) is 5.32 Å². The SMILES string of the molecule is CCOC(=O)NCCc1ccc(OC)c(OCc2ccccc2)c1OC.COc1ccc(C=O)c(OC)c1O.COc1ccc(C=O)c(OC)c1OCc1ccccc1.COc1ccc(CCN)c(OC)c1OCc1ccccc1.COc1ccc(CCl)c(OC)c1OCc1ccccc1.COc1ccc(CO)c(OC)c1OCc1ccccc1.O=S(Cl)Cl.[B].[C-]#[N+]Cc1ccc(OC)c(OCc2ccccc2)c1OC.[H-].[Na+]. The van der Waals surface area contributed by atoms with Gasteiger partial charge in [-0.1, -0.05) is 200 Å². The maximum atomic E-state index is 11.4. The van der Waals surface area contributed by atoms with Gasteiger partial charge in [0.2, 0.25) is 56.0 Å². The first-order valence-electron chi connectivity index (χ1n) is 44.8. The van der Waals surface area contributed by atoms with Gasteiger partial charge in [-0.2, -0.15) is 0 Å². The van der Waals surface area contributed by atoms with E-state index in [9.17, 15) is 24.6 Å². The van der Waals surface area contributed by atoms with E-state index in [2.05, 4.69) is 31.5 Å². The molecule has 13 aromatic carbocycles. The first-order chi connectivity index (χ1) is 70.6. The number of nitrogens with one attached hydrogen (secondary N) is 1. The number of aliphatic hydroxyl groups excluding tert-OH is 1. The molecule has 0 heterocycles. The second-order valence-corrected chi connectivity index (χ2v) is 32.3. The fraction of sp³-hybridized carbons (Fsp3) is 0.261. The van der Waals surface area contributed by atoms with Gasteiger partial charge in [0.1, 0.15) is 39.6 Å². The number of alkyl halides is 1. The summed E-state index contributed by atoms with van der Waals surface area (Å²) < 4.78 is 123. The number of ether oxygens (including phenoxy) is 21. The van der Waals surface area contributed by atoms with Gasteiger partial charge in [-0.15, -0.1) is 11.6 Å². The minimum Gasteiger partial charge on any atom is -1.00 e. The number of rotatable bonds is 43. The van der Waals surface area contributed by atoms with Crippen LogP contribution in [0.5, 0.6) is 121 Å². The average molecular weight is 2110 g/mol. The number of methoxy groups -OCH3 is 14. The number of halogens is 3. The van der Waals surface area contributed by atoms with E-state index in [1.807, 2.05) is 224 Å². The van der Waals surface area contributed by atoms with Gasteiger partial charge >= 0.3 is 35.7 Å². The molecule has 0 bridgehead atoms. The molecule has 5 N–H and O–H groups in total. The predicted octanol–water partition coefficient (Wildman–Crippen LogP) is 18.9. The molecule has 3 radical (unpaired) electrons. The third-order valence-corrected chi connectivity index (χ3v) is 20.8. The van der Waals surface area contributed by atoms with Crippen LogP contribution in [0, 0.1) is 6.57 Å². The summed E-state index contributed by atoms with van der Waals surface area (Å²) in [6.07, 6.45) is 2.22. The molecule has 0 saturated carbocycles. The van der Waals surface area contributed by atoms with Crippen LogP contribution < -0.4 is 135 Å². The minimum atomic E-state index is -1.67. The van der Waals surface area contributed by atoms with E-state index in [-0.39, 0.29) is 69.8 Å². The molecule has 0 atom stereocenters. The zero-order valence-corrected chi connectivity index (χ0v) is 90.3. The molecule has 13 aromatic rings. The number of hydrogen-bond acceptors (Lipinski definition) is 28. The minimum absolute atomic E-state index is 0. The summed E-state index contributed by atoms with van der Waals surface area (Å²) in [5, 5.41) is 21.5. The van der Waals surface area contributed by atoms with Crippen LogP contribution in [-0.2, 0) is 85.5 Å². The average Bonchev–Trinajstić information content (AvgIpc) is 0.816. The standard InChI is InChI=1S/C20H25NO5.C17H17NO3.C17H21NO3.C16H17ClO3.C16H18O4.C16H16O4.C9H10O4.B.Cl2OS.Na.H/c1-4-25-20(22)21-13-12-16-10-11-17(23-2)19(18(16)24-3)26-14-15-8-6-5-7-9-15;1-18-11-14-9-10-15(19-2)17(16(14)20-3)21-12-13-7-5-4-6-8-13;1-19-15-9-8-14(10-11-18)16(20-2)17(15)21-12-13-6-4-3-5-7-13;3*1-18-14-9-8-13(10-17)15(19-2)16(14)20-11-12-6-4-3-5-7-12;1-12-7-4-3-6(5-10)9(13-2)8(7)11;;1-4(2)3;;/h5-11H,4,12-14H2,1-3H3,(H,21,22);4-10H,11-12H2,2-3H3;3-9H,10-12,18H2,1-2H3;3-9H,10-11H2,1-2H3;3-9,17H,10-11H2,1-2H3;3-10H,11H2,1-2H3;3-5,11H,1-2H3;;;;/q;;;;;;;;;+1;-1. The molecule has 0 aromatic heterocycles. The number of aromatic hydroxyl groups is 1. The van der Waals surface area contributed by atoms with E-state index < -0.39 is 15.3 Å². The molecule has 0 spiro atoms. The summed E-state index contributed by atoms with van der Waals surface area (Å²) in [7, 11) is 29.1. The zero-order valence-electron chi connectivity index (χ0n) is 86.2. The maximum absolute atomic E-state index is 11.4. The van der Waals surface area contributed by atoms with E-state index in [1.54, 1.807) is 115 Å². The molecule has 0 unspecified atom stereocenters. The Labute approximate surface area is 902 Å². The van der Waals surface area contributed by atoms with Gasteiger partial charge in [-0.05, 0) is 132 Å². The molecule has 0 aliphatic carbocycles. The predicted molar refractivity (Wildman–Crippen MR) is 568 cm³/mol. The molecule has 0 fully saturated rings. The van der Waals surface area contributed by atoms with Gasteiger partial charge in [0.25, 0.3) is 0 Å². The quantitative estimate of drug-likeness (QED) is 0.00906. The second-order valence-electron chi connectivity index (χ2n) is 29.5. The Bertz CT molecular complexity index is 5990. The molecule has 0 saturated heterocycles. The first kappa shape index (κ1) is 125. The Balaban J connectivity index is 0.000000441. The molecular weight excluding hydrogens is 1980 g/mol. The van der Waals surface area contributed by atoms with Crippen LogP contribution in [0.2, 0.25) is 0 Å². The van der Waals surface area contributed by atoms with Crippen molar-refractivity contribution >= 4 is 69.3 Å². The van der Waals surface area contributed by atoms with E-state index in [1.165, 1.54) is 33.5 Å². The van der Waals surface area contributed by atoms with Crippen LogP contribution in [0.4, 0.5) is 4.79 Å². The number of nitrogens with zero attached hydrogens (tertiary/aromatic N) is 1. The largest absolute Gasteiger partial charge is 1.00 e. The number of phenolic OH excluding ortho intramolecular Hbond substituents is 1. The van der Waals surface area contributed by atoms with Gasteiger partial charge in [0, 0.05) is 53.0 Å². The number of aldehydes is 2. The molecule has 1 amide bonds. The van der Waals surface area contributed by atoms with Gasteiger partial charge in [0.15, 0.2) is 93.1 Å². The number of hydrogen-bond donors (Lipinski definition) is 4. The molecule has 13 rings (SSSR count). The topological polar surface area (TPSA) is 345 Å². The number of phenols is 1. The number of alkyl carbamates (subject to hydrolysis) is 1. The van der Waals surface area contributed by atoms with Gasteiger partial charge in [-0.25, -0.2) is 15.6 Å². The van der Waals surface area contributed by atoms with Gasteiger partial charge < -0.3 is 127 Å². The summed E-state index contributed by atoms with van der Waals surface area (Å²) in [5.74, 6) is 10.8. The van der Waals surface area contributed by atoms with Crippen molar-refractivity contribution in [2.75, 3.05) is 119 Å². The van der Waals surface area contributed by atoms with Crippen molar-refractivity contribution in [3.8, 4) is 121 Å². The second kappa shape index (κ2) is 72.1. The van der Waals surface area contributed by atoms with Crippen molar-refractivity contribution in [2.24, 2.45) is 5.73 Å². The molecular formula is C111H125BCl3N3NaO27S. The van der Waals surface area contributed by atoms with Crippen molar-refractivity contribution in [3.63, 3.8) is 0 Å². The normalized spacial score (nSPS) is 9.82. The Kier molecular flexibility index (Phi) is 61.3. The van der Waals surface area contributed by atoms with Crippen molar-refractivity contribution < 1.29 is 159 Å². The van der Waals surface area contributed by atoms with E-state index in [0.717, 1.165) is 68.3 Å². The molecule has 147 heavy (non-hydrogen) atoms. The van der Waals surface area contributed by atoms with Crippen LogP contribution in [-0.4, -0.2) is 161 Å². The summed E-state index contributed by atoms with van der Waals surface area (Å²) in [6.45, 7) is 12.7. The first-order valence-corrected chi connectivity index (χ1v) is 48.1. The fourth-order valence-corrected chi connectivity index (χ4v) is 13.8. The zero-order chi connectivity index (χ0) is 105. The van der Waals surface area contributed by atoms with Gasteiger partial charge in [0.05, 0.1) is 135 Å². The number of nitrogens with two attached hydrogens (primary N) is 1. The van der Waals surface area contributed by atoms with Crippen LogP contribution in [0.3, 0.4) is 0 Å². The van der Waals surface area contributed by atoms with E-state index >= 15 is 0 Å². The number of carbonyl (C=O) groups excluding carboxylic acids is 3. The number of amides is 1. The maximum Gasteiger partial charge on any atom is 1.00 e. The summed E-state index contributed by atoms with van der Waals surface area (Å²) in [6, 6.07) is 84.0. The van der Waals surface area contributed by atoms with E-state index in [0.29, 0.717) is 198 Å². The monoisotopic (exact) mass is 2100 g/mol. The number of aliphatic hydroxyl groups is 1. The number of carbonyl (C=O) groups is 3. The van der Waals surface area contributed by atoms with E-state index in [4.69, 9.17) is 128 Å². The van der Waals surface area contributed by atoms with Gasteiger partial charge in [-0.3, -0.25) is 9.59 Å². The van der Waals surface area contributed by atoms with Crippen molar-refractivity contribution in [2.45, 2.75) is 78.4 Å². The molecule has 0 aliphatic rings. The summed E-state index contributed by atoms with van der Waals surface area (Å²) in [5.41, 5.74) is 16.9. The Morgan fingerprint density at radius 1 is 0.361 bits per heavy atom. The Hall–Kier alpha value is -14.2. The molecule has 36 heteroatoms. The summed E-state index contributed by atoms with van der Waals surface area (Å²) >= 11 is 5.92. The third kappa shape index (κ3) is 40.6. The van der Waals surface area contributed by atoms with Crippen molar-refractivity contribution in [1.29, 1.82) is 0 Å². The van der Waals surface area contributed by atoms with Crippen molar-refractivity contribution in [3.05, 3.63) is 351 Å². The van der Waals surface area contributed by atoms with Crippen LogP contribution in [0.15, 0.2) is 267 Å². The van der Waals surface area contributed by atoms with Crippen LogP contribution in [0.1, 0.15) is 90.3 Å². The molecule has 30 nitrogen and oxygen atoms in total. The summed E-state index contributed by atoms with van der Waals surface area (Å²) in [4.78, 5) is 36.4.